The number of likely N-dealkylation sites (tertiary alicyclic amines) is 2. The van der Waals surface area contributed by atoms with Crippen molar-refractivity contribution in [2.75, 3.05) is 26.2 Å². The van der Waals surface area contributed by atoms with Gasteiger partial charge in [0.1, 0.15) is 0 Å². The van der Waals surface area contributed by atoms with Crippen molar-refractivity contribution >= 4 is 11.8 Å². The first-order chi connectivity index (χ1) is 9.59. The third kappa shape index (κ3) is 3.74. The van der Waals surface area contributed by atoms with Crippen LogP contribution in [-0.4, -0.2) is 47.8 Å². The maximum absolute atomic E-state index is 12.5. The van der Waals surface area contributed by atoms with E-state index >= 15 is 0 Å². The predicted molar refractivity (Wildman–Crippen MR) is 79.2 cm³/mol. The van der Waals surface area contributed by atoms with Crippen LogP contribution in [0.4, 0.5) is 0 Å². The van der Waals surface area contributed by atoms with E-state index in [1.54, 1.807) is 0 Å². The molecule has 0 aliphatic carbocycles. The molecular formula is C16H28N2O2. The smallest absolute Gasteiger partial charge is 0.225 e. The van der Waals surface area contributed by atoms with Gasteiger partial charge in [-0.25, -0.2) is 0 Å². The molecule has 0 aromatic rings. The number of carbonyl (C=O) groups is 2. The van der Waals surface area contributed by atoms with E-state index in [0.29, 0.717) is 5.91 Å². The van der Waals surface area contributed by atoms with Gasteiger partial charge in [-0.1, -0.05) is 26.7 Å². The van der Waals surface area contributed by atoms with E-state index in [2.05, 4.69) is 4.90 Å². The number of hydrogen-bond donors (Lipinski definition) is 0. The second kappa shape index (κ2) is 7.09. The standard InChI is InChI=1S/C16H28N2O2/c1-13(2)15(19)18-11-7-14(8-12-18)16(20)17-9-5-3-4-6-10-17/h13-14H,3-12H2,1-2H3. The average molecular weight is 280 g/mol. The summed E-state index contributed by atoms with van der Waals surface area (Å²) in [6, 6.07) is 0. The lowest BCUT2D eigenvalue weighted by molar-refractivity contribution is -0.142. The zero-order chi connectivity index (χ0) is 14.5. The number of hydrogen-bond acceptors (Lipinski definition) is 2. The molecule has 114 valence electrons. The normalized spacial score (nSPS) is 21.9. The van der Waals surface area contributed by atoms with Crippen LogP contribution in [0.25, 0.3) is 0 Å². The Bertz CT molecular complexity index is 338. The van der Waals surface area contributed by atoms with E-state index < -0.39 is 0 Å². The van der Waals surface area contributed by atoms with Gasteiger partial charge in [0.05, 0.1) is 0 Å². The Morgan fingerprint density at radius 3 is 1.90 bits per heavy atom. The van der Waals surface area contributed by atoms with Crippen LogP contribution in [0.3, 0.4) is 0 Å². The fourth-order valence-corrected chi connectivity index (χ4v) is 3.26. The third-order valence-electron chi connectivity index (χ3n) is 4.57. The molecule has 2 aliphatic rings. The van der Waals surface area contributed by atoms with Crippen molar-refractivity contribution in [2.24, 2.45) is 11.8 Å². The Balaban J connectivity index is 1.83. The van der Waals surface area contributed by atoms with Gasteiger partial charge in [-0.15, -0.1) is 0 Å². The minimum atomic E-state index is 0.0628. The van der Waals surface area contributed by atoms with Gasteiger partial charge < -0.3 is 9.80 Å². The van der Waals surface area contributed by atoms with Crippen LogP contribution in [0, 0.1) is 11.8 Å². The van der Waals surface area contributed by atoms with Crippen molar-refractivity contribution in [3.05, 3.63) is 0 Å². The van der Waals surface area contributed by atoms with Gasteiger partial charge in [-0.2, -0.15) is 0 Å². The lowest BCUT2D eigenvalue weighted by Gasteiger charge is -2.34. The first-order valence-corrected chi connectivity index (χ1v) is 8.17. The number of carbonyl (C=O) groups excluding carboxylic acids is 2. The molecule has 0 radical (unpaired) electrons. The first-order valence-electron chi connectivity index (χ1n) is 8.17. The Morgan fingerprint density at radius 1 is 0.850 bits per heavy atom. The highest BCUT2D eigenvalue weighted by molar-refractivity contribution is 5.80. The van der Waals surface area contributed by atoms with Crippen molar-refractivity contribution in [1.29, 1.82) is 0 Å². The van der Waals surface area contributed by atoms with Crippen LogP contribution in [-0.2, 0) is 9.59 Å². The summed E-state index contributed by atoms with van der Waals surface area (Å²) in [7, 11) is 0. The largest absolute Gasteiger partial charge is 0.342 e. The van der Waals surface area contributed by atoms with Gasteiger partial charge in [0, 0.05) is 38.0 Å². The monoisotopic (exact) mass is 280 g/mol. The third-order valence-corrected chi connectivity index (χ3v) is 4.57. The summed E-state index contributed by atoms with van der Waals surface area (Å²) < 4.78 is 0. The maximum Gasteiger partial charge on any atom is 0.225 e. The lowest BCUT2D eigenvalue weighted by atomic mass is 9.94. The first kappa shape index (κ1) is 15.3. The Kier molecular flexibility index (Phi) is 5.44. The van der Waals surface area contributed by atoms with Crippen LogP contribution < -0.4 is 0 Å². The van der Waals surface area contributed by atoms with Crippen molar-refractivity contribution in [1.82, 2.24) is 9.80 Å². The molecule has 2 fully saturated rings. The SMILES string of the molecule is CC(C)C(=O)N1CCC(C(=O)N2CCCCCC2)CC1. The van der Waals surface area contributed by atoms with Crippen LogP contribution >= 0.6 is 0 Å². The number of nitrogens with zero attached hydrogens (tertiary/aromatic N) is 2. The van der Waals surface area contributed by atoms with Crippen molar-refractivity contribution in [2.45, 2.75) is 52.4 Å². The molecule has 20 heavy (non-hydrogen) atoms. The fourth-order valence-electron chi connectivity index (χ4n) is 3.26. The number of amides is 2. The minimum Gasteiger partial charge on any atom is -0.342 e. The van der Waals surface area contributed by atoms with Gasteiger partial charge in [0.15, 0.2) is 0 Å². The van der Waals surface area contributed by atoms with Crippen LogP contribution in [0.2, 0.25) is 0 Å². The highest BCUT2D eigenvalue weighted by Gasteiger charge is 2.30. The minimum absolute atomic E-state index is 0.0628. The van der Waals surface area contributed by atoms with Gasteiger partial charge >= 0.3 is 0 Å². The Labute approximate surface area is 122 Å². The predicted octanol–water partition coefficient (Wildman–Crippen LogP) is 2.28. The summed E-state index contributed by atoms with van der Waals surface area (Å²) in [5, 5.41) is 0. The molecule has 0 saturated carbocycles. The topological polar surface area (TPSA) is 40.6 Å². The molecular weight excluding hydrogens is 252 g/mol. The second-order valence-electron chi connectivity index (χ2n) is 6.49. The molecule has 2 saturated heterocycles. The van der Waals surface area contributed by atoms with Crippen molar-refractivity contribution < 1.29 is 9.59 Å². The Hall–Kier alpha value is -1.06. The molecule has 2 heterocycles. The molecule has 0 spiro atoms. The number of rotatable bonds is 2. The summed E-state index contributed by atoms with van der Waals surface area (Å²) >= 11 is 0. The lowest BCUT2D eigenvalue weighted by Crippen LogP contribution is -2.45. The molecule has 4 nitrogen and oxygen atoms in total. The van der Waals surface area contributed by atoms with Gasteiger partial charge in [0.2, 0.25) is 11.8 Å². The summed E-state index contributed by atoms with van der Waals surface area (Å²) in [6.45, 7) is 7.25. The fraction of sp³-hybridized carbons (Fsp3) is 0.875. The molecule has 0 aromatic heterocycles. The summed E-state index contributed by atoms with van der Waals surface area (Å²) in [5.41, 5.74) is 0. The van der Waals surface area contributed by atoms with Gasteiger partial charge in [0.25, 0.3) is 0 Å². The molecule has 0 atom stereocenters. The molecule has 0 aromatic carbocycles. The van der Waals surface area contributed by atoms with E-state index in [9.17, 15) is 9.59 Å². The summed E-state index contributed by atoms with van der Waals surface area (Å²) in [4.78, 5) is 28.5. The van der Waals surface area contributed by atoms with E-state index in [1.807, 2.05) is 18.7 Å². The zero-order valence-electron chi connectivity index (χ0n) is 12.9. The Morgan fingerprint density at radius 2 is 1.40 bits per heavy atom. The molecule has 2 rings (SSSR count). The highest BCUT2D eigenvalue weighted by atomic mass is 16.2. The molecule has 2 amide bonds. The highest BCUT2D eigenvalue weighted by Crippen LogP contribution is 2.22. The van der Waals surface area contributed by atoms with Crippen LogP contribution in [0.5, 0.6) is 0 Å². The van der Waals surface area contributed by atoms with E-state index in [4.69, 9.17) is 0 Å². The summed E-state index contributed by atoms with van der Waals surface area (Å²) in [5.74, 6) is 0.770. The van der Waals surface area contributed by atoms with Crippen LogP contribution in [0.15, 0.2) is 0 Å². The van der Waals surface area contributed by atoms with E-state index in [-0.39, 0.29) is 17.7 Å². The van der Waals surface area contributed by atoms with Gasteiger partial charge in [-0.3, -0.25) is 9.59 Å². The second-order valence-corrected chi connectivity index (χ2v) is 6.49. The number of piperidine rings is 1. The zero-order valence-corrected chi connectivity index (χ0v) is 12.9. The maximum atomic E-state index is 12.5. The van der Waals surface area contributed by atoms with Crippen LogP contribution in [0.1, 0.15) is 52.4 Å². The quantitative estimate of drug-likeness (QED) is 0.778. The molecule has 4 heteroatoms. The molecule has 0 N–H and O–H groups in total. The van der Waals surface area contributed by atoms with E-state index in [0.717, 1.165) is 51.9 Å². The molecule has 2 aliphatic heterocycles. The van der Waals surface area contributed by atoms with Crippen molar-refractivity contribution in [3.8, 4) is 0 Å². The summed E-state index contributed by atoms with van der Waals surface area (Å²) in [6.07, 6.45) is 6.49. The van der Waals surface area contributed by atoms with Gasteiger partial charge in [-0.05, 0) is 25.7 Å². The van der Waals surface area contributed by atoms with E-state index in [1.165, 1.54) is 12.8 Å². The average Bonchev–Trinajstić information content (AvgIpc) is 2.75. The molecule has 0 bridgehead atoms. The molecule has 0 unspecified atom stereocenters. The van der Waals surface area contributed by atoms with Crippen molar-refractivity contribution in [3.63, 3.8) is 0 Å².